The van der Waals surface area contributed by atoms with Crippen molar-refractivity contribution in [1.29, 1.82) is 0 Å². The summed E-state index contributed by atoms with van der Waals surface area (Å²) in [5, 5.41) is 0.391. The van der Waals surface area contributed by atoms with Crippen LogP contribution >= 0.6 is 27.5 Å². The number of carbonyl (C=O) groups excluding carboxylic acids is 1. The fourth-order valence-electron chi connectivity index (χ4n) is 0.595. The third-order valence-electron chi connectivity index (χ3n) is 1.07. The van der Waals surface area contributed by atoms with E-state index in [2.05, 4.69) is 20.9 Å². The molecule has 0 aliphatic rings. The van der Waals surface area contributed by atoms with Crippen LogP contribution in [0.4, 0.5) is 0 Å². The molecule has 1 aromatic rings. The van der Waals surface area contributed by atoms with Crippen molar-refractivity contribution in [3.63, 3.8) is 0 Å². The van der Waals surface area contributed by atoms with Gasteiger partial charge in [0.05, 0.1) is 10.6 Å². The van der Waals surface area contributed by atoms with Crippen LogP contribution < -0.4 is 5.73 Å². The SMILES string of the molecule is NC(=O)c1cc(Cl)cnc1Br. The number of hydrogen-bond donors (Lipinski definition) is 1. The van der Waals surface area contributed by atoms with E-state index < -0.39 is 5.91 Å². The Bertz CT molecular complexity index is 303. The lowest BCUT2D eigenvalue weighted by Gasteiger charge is -1.97. The summed E-state index contributed by atoms with van der Waals surface area (Å²) < 4.78 is 0.411. The summed E-state index contributed by atoms with van der Waals surface area (Å²) in [6.45, 7) is 0. The number of amides is 1. The first-order chi connectivity index (χ1) is 5.11. The molecule has 0 saturated carbocycles. The van der Waals surface area contributed by atoms with Gasteiger partial charge in [0.1, 0.15) is 4.60 Å². The van der Waals surface area contributed by atoms with E-state index in [1.807, 2.05) is 0 Å². The average molecular weight is 235 g/mol. The van der Waals surface area contributed by atoms with Crippen LogP contribution in [-0.4, -0.2) is 10.9 Å². The van der Waals surface area contributed by atoms with Crippen molar-refractivity contribution in [2.24, 2.45) is 5.73 Å². The highest BCUT2D eigenvalue weighted by molar-refractivity contribution is 9.10. The molecule has 0 aliphatic carbocycles. The average Bonchev–Trinajstić information content (AvgIpc) is 1.94. The van der Waals surface area contributed by atoms with Crippen LogP contribution in [0.2, 0.25) is 5.02 Å². The molecule has 1 aromatic heterocycles. The molecule has 0 fully saturated rings. The summed E-state index contributed by atoms with van der Waals surface area (Å²) in [5.41, 5.74) is 5.31. The molecule has 3 nitrogen and oxygen atoms in total. The first-order valence-electron chi connectivity index (χ1n) is 2.72. The minimum absolute atomic E-state index is 0.289. The molecule has 1 amide bonds. The Morgan fingerprint density at radius 2 is 2.36 bits per heavy atom. The van der Waals surface area contributed by atoms with Crippen molar-refractivity contribution in [3.8, 4) is 0 Å². The predicted octanol–water partition coefficient (Wildman–Crippen LogP) is 1.60. The molecule has 0 bridgehead atoms. The lowest BCUT2D eigenvalue weighted by Crippen LogP contribution is -2.12. The van der Waals surface area contributed by atoms with Crippen molar-refractivity contribution < 1.29 is 4.79 Å². The Morgan fingerprint density at radius 3 is 2.82 bits per heavy atom. The number of nitrogens with two attached hydrogens (primary N) is 1. The van der Waals surface area contributed by atoms with Crippen LogP contribution in [0.25, 0.3) is 0 Å². The van der Waals surface area contributed by atoms with E-state index in [0.29, 0.717) is 9.63 Å². The molecule has 1 heterocycles. The van der Waals surface area contributed by atoms with Gasteiger partial charge in [0.2, 0.25) is 0 Å². The van der Waals surface area contributed by atoms with Gasteiger partial charge in [0, 0.05) is 6.20 Å². The molecule has 0 spiro atoms. The van der Waals surface area contributed by atoms with Crippen molar-refractivity contribution in [1.82, 2.24) is 4.98 Å². The second-order valence-electron chi connectivity index (χ2n) is 1.86. The Hall–Kier alpha value is -0.610. The molecular formula is C6H4BrClN2O. The van der Waals surface area contributed by atoms with Gasteiger partial charge in [0.15, 0.2) is 0 Å². The molecule has 5 heteroatoms. The fraction of sp³-hybridized carbons (Fsp3) is 0. The molecule has 0 aliphatic heterocycles. The number of nitrogens with zero attached hydrogens (tertiary/aromatic N) is 1. The van der Waals surface area contributed by atoms with Crippen molar-refractivity contribution >= 4 is 33.4 Å². The molecule has 1 rings (SSSR count). The number of hydrogen-bond acceptors (Lipinski definition) is 2. The number of halogens is 2. The van der Waals surface area contributed by atoms with E-state index in [1.165, 1.54) is 12.3 Å². The molecule has 11 heavy (non-hydrogen) atoms. The minimum atomic E-state index is -0.549. The van der Waals surface area contributed by atoms with Gasteiger partial charge in [0.25, 0.3) is 5.91 Å². The van der Waals surface area contributed by atoms with E-state index in [0.717, 1.165) is 0 Å². The highest BCUT2D eigenvalue weighted by atomic mass is 79.9. The summed E-state index contributed by atoms with van der Waals surface area (Å²) in [6.07, 6.45) is 1.43. The Morgan fingerprint density at radius 1 is 1.73 bits per heavy atom. The van der Waals surface area contributed by atoms with Crippen LogP contribution in [0.1, 0.15) is 10.4 Å². The first-order valence-corrected chi connectivity index (χ1v) is 3.89. The molecular weight excluding hydrogens is 231 g/mol. The normalized spacial score (nSPS) is 9.64. The molecule has 0 radical (unpaired) electrons. The number of carbonyl (C=O) groups is 1. The maximum absolute atomic E-state index is 10.7. The molecule has 58 valence electrons. The van der Waals surface area contributed by atoms with Gasteiger partial charge in [-0.05, 0) is 22.0 Å². The standard InChI is InChI=1S/C6H4BrClN2O/c7-5-4(6(9)11)1-3(8)2-10-5/h1-2H,(H2,9,11). The summed E-state index contributed by atoms with van der Waals surface area (Å²) in [6, 6.07) is 1.46. The lowest BCUT2D eigenvalue weighted by atomic mass is 10.3. The van der Waals surface area contributed by atoms with Crippen LogP contribution in [0.3, 0.4) is 0 Å². The van der Waals surface area contributed by atoms with Gasteiger partial charge in [-0.15, -0.1) is 0 Å². The molecule has 2 N–H and O–H groups in total. The van der Waals surface area contributed by atoms with Gasteiger partial charge in [-0.2, -0.15) is 0 Å². The zero-order chi connectivity index (χ0) is 8.43. The van der Waals surface area contributed by atoms with Gasteiger partial charge in [-0.3, -0.25) is 4.79 Å². The first kappa shape index (κ1) is 8.49. The third-order valence-corrected chi connectivity index (χ3v) is 1.91. The van der Waals surface area contributed by atoms with Crippen LogP contribution in [0.15, 0.2) is 16.9 Å². The Balaban J connectivity index is 3.23. The van der Waals surface area contributed by atoms with Gasteiger partial charge in [-0.25, -0.2) is 4.98 Å². The van der Waals surface area contributed by atoms with E-state index >= 15 is 0 Å². The summed E-state index contributed by atoms with van der Waals surface area (Å²) in [4.78, 5) is 14.5. The van der Waals surface area contributed by atoms with E-state index in [-0.39, 0.29) is 5.56 Å². The summed E-state index contributed by atoms with van der Waals surface area (Å²) >= 11 is 8.63. The topological polar surface area (TPSA) is 56.0 Å². The summed E-state index contributed by atoms with van der Waals surface area (Å²) in [5.74, 6) is -0.549. The number of primary amides is 1. The Kier molecular flexibility index (Phi) is 2.46. The maximum atomic E-state index is 10.7. The second kappa shape index (κ2) is 3.19. The van der Waals surface area contributed by atoms with Crippen molar-refractivity contribution in [2.75, 3.05) is 0 Å². The quantitative estimate of drug-likeness (QED) is 0.752. The highest BCUT2D eigenvalue weighted by Crippen LogP contribution is 2.16. The predicted molar refractivity (Wildman–Crippen MR) is 45.5 cm³/mol. The van der Waals surface area contributed by atoms with Gasteiger partial charge < -0.3 is 5.73 Å². The second-order valence-corrected chi connectivity index (χ2v) is 3.04. The summed E-state index contributed by atoms with van der Waals surface area (Å²) in [7, 11) is 0. The van der Waals surface area contributed by atoms with Crippen LogP contribution in [0.5, 0.6) is 0 Å². The van der Waals surface area contributed by atoms with E-state index in [1.54, 1.807) is 0 Å². The molecule has 0 unspecified atom stereocenters. The molecule has 0 atom stereocenters. The molecule has 0 saturated heterocycles. The largest absolute Gasteiger partial charge is 0.366 e. The van der Waals surface area contributed by atoms with Crippen molar-refractivity contribution in [3.05, 3.63) is 27.5 Å². The number of pyridine rings is 1. The van der Waals surface area contributed by atoms with Gasteiger partial charge in [-0.1, -0.05) is 11.6 Å². The zero-order valence-corrected chi connectivity index (χ0v) is 7.69. The zero-order valence-electron chi connectivity index (χ0n) is 5.34. The van der Waals surface area contributed by atoms with Crippen molar-refractivity contribution in [2.45, 2.75) is 0 Å². The van der Waals surface area contributed by atoms with E-state index in [9.17, 15) is 4.79 Å². The van der Waals surface area contributed by atoms with E-state index in [4.69, 9.17) is 17.3 Å². The fourth-order valence-corrected chi connectivity index (χ4v) is 1.17. The molecule has 0 aromatic carbocycles. The number of aromatic nitrogens is 1. The van der Waals surface area contributed by atoms with Crippen LogP contribution in [-0.2, 0) is 0 Å². The lowest BCUT2D eigenvalue weighted by molar-refractivity contribution is 0.0999. The Labute approximate surface area is 76.7 Å². The minimum Gasteiger partial charge on any atom is -0.366 e. The smallest absolute Gasteiger partial charge is 0.251 e. The maximum Gasteiger partial charge on any atom is 0.251 e. The van der Waals surface area contributed by atoms with Crippen LogP contribution in [0, 0.1) is 0 Å². The monoisotopic (exact) mass is 234 g/mol. The van der Waals surface area contributed by atoms with Gasteiger partial charge >= 0.3 is 0 Å². The highest BCUT2D eigenvalue weighted by Gasteiger charge is 2.06. The third kappa shape index (κ3) is 1.91. The number of rotatable bonds is 1.